The van der Waals surface area contributed by atoms with Gasteiger partial charge in [-0.25, -0.2) is 4.79 Å². The molecule has 0 aliphatic rings. The van der Waals surface area contributed by atoms with Crippen LogP contribution in [-0.2, 0) is 11.3 Å². The first-order valence-electron chi connectivity index (χ1n) is 6.14. The highest BCUT2D eigenvalue weighted by Crippen LogP contribution is 2.19. The zero-order valence-corrected chi connectivity index (χ0v) is 12.0. The molecular weight excluding hydrogens is 294 g/mol. The van der Waals surface area contributed by atoms with Gasteiger partial charge in [-0.1, -0.05) is 23.7 Å². The molecule has 0 spiro atoms. The van der Waals surface area contributed by atoms with Crippen LogP contribution < -0.4 is 0 Å². The molecule has 0 saturated carbocycles. The normalized spacial score (nSPS) is 10.2. The van der Waals surface area contributed by atoms with Crippen LogP contribution >= 0.6 is 11.6 Å². The third-order valence-corrected chi connectivity index (χ3v) is 3.16. The first-order valence-corrected chi connectivity index (χ1v) is 6.52. The molecule has 0 aromatic heterocycles. The van der Waals surface area contributed by atoms with E-state index in [2.05, 4.69) is 0 Å². The van der Waals surface area contributed by atoms with Gasteiger partial charge >= 0.3 is 5.97 Å². The van der Waals surface area contributed by atoms with E-state index in [1.807, 2.05) is 0 Å². The summed E-state index contributed by atoms with van der Waals surface area (Å²) in [7, 11) is 0. The number of halogens is 1. The van der Waals surface area contributed by atoms with Gasteiger partial charge in [0.25, 0.3) is 5.69 Å². The van der Waals surface area contributed by atoms with E-state index in [0.717, 1.165) is 5.56 Å². The molecule has 0 atom stereocenters. The molecule has 2 aromatic rings. The maximum atomic E-state index is 11.9. The predicted molar refractivity (Wildman–Crippen MR) is 78.4 cm³/mol. The molecular formula is C15H12ClNO4. The third-order valence-electron chi connectivity index (χ3n) is 2.91. The molecule has 0 bridgehead atoms. The molecule has 0 unspecified atom stereocenters. The van der Waals surface area contributed by atoms with Crippen LogP contribution in [0.3, 0.4) is 0 Å². The highest BCUT2D eigenvalue weighted by Gasteiger charge is 2.14. The van der Waals surface area contributed by atoms with E-state index in [1.165, 1.54) is 18.2 Å². The van der Waals surface area contributed by atoms with Gasteiger partial charge in [0.1, 0.15) is 6.61 Å². The number of rotatable bonds is 4. The van der Waals surface area contributed by atoms with Crippen LogP contribution in [0.2, 0.25) is 5.02 Å². The molecule has 0 aliphatic heterocycles. The molecule has 5 nitrogen and oxygen atoms in total. The van der Waals surface area contributed by atoms with Crippen molar-refractivity contribution in [2.45, 2.75) is 13.5 Å². The molecule has 0 amide bonds. The van der Waals surface area contributed by atoms with Gasteiger partial charge in [-0.15, -0.1) is 0 Å². The summed E-state index contributed by atoms with van der Waals surface area (Å²) in [4.78, 5) is 22.1. The van der Waals surface area contributed by atoms with Gasteiger partial charge in [0, 0.05) is 16.7 Å². The Morgan fingerprint density at radius 3 is 2.48 bits per heavy atom. The minimum atomic E-state index is -0.525. The quantitative estimate of drug-likeness (QED) is 0.488. The van der Waals surface area contributed by atoms with Gasteiger partial charge in [-0.3, -0.25) is 10.1 Å². The Labute approximate surface area is 126 Å². The number of esters is 1. The maximum Gasteiger partial charge on any atom is 0.338 e. The molecule has 0 fully saturated rings. The van der Waals surface area contributed by atoms with Crippen LogP contribution in [0.25, 0.3) is 0 Å². The standard InChI is InChI=1S/C15H12ClNO4/c1-10-8-12(4-7-14(10)17(19)20)15(18)21-9-11-2-5-13(16)6-3-11/h2-8H,9H2,1H3. The van der Waals surface area contributed by atoms with Crippen molar-refractivity contribution in [2.75, 3.05) is 0 Å². The fourth-order valence-corrected chi connectivity index (χ4v) is 1.93. The highest BCUT2D eigenvalue weighted by atomic mass is 35.5. The molecule has 0 aliphatic carbocycles. The fourth-order valence-electron chi connectivity index (χ4n) is 1.80. The zero-order valence-electron chi connectivity index (χ0n) is 11.2. The van der Waals surface area contributed by atoms with Crippen LogP contribution in [0.5, 0.6) is 0 Å². The lowest BCUT2D eigenvalue weighted by atomic mass is 10.1. The summed E-state index contributed by atoms with van der Waals surface area (Å²) in [5.41, 5.74) is 1.49. The fraction of sp³-hybridized carbons (Fsp3) is 0.133. The number of aryl methyl sites for hydroxylation is 1. The van der Waals surface area contributed by atoms with E-state index in [-0.39, 0.29) is 17.9 Å². The van der Waals surface area contributed by atoms with Gasteiger partial charge in [0.05, 0.1) is 10.5 Å². The predicted octanol–water partition coefficient (Wildman–Crippen LogP) is 3.91. The summed E-state index contributed by atoms with van der Waals surface area (Å²) in [6, 6.07) is 11.1. The lowest BCUT2D eigenvalue weighted by Crippen LogP contribution is -2.06. The number of benzene rings is 2. The van der Waals surface area contributed by atoms with Crippen molar-refractivity contribution in [3.8, 4) is 0 Å². The molecule has 108 valence electrons. The van der Waals surface area contributed by atoms with E-state index in [4.69, 9.17) is 16.3 Å². The van der Waals surface area contributed by atoms with E-state index in [1.54, 1.807) is 31.2 Å². The summed E-state index contributed by atoms with van der Waals surface area (Å²) in [6.07, 6.45) is 0. The topological polar surface area (TPSA) is 69.4 Å². The number of carbonyl (C=O) groups is 1. The van der Waals surface area contributed by atoms with E-state index in [9.17, 15) is 14.9 Å². The van der Waals surface area contributed by atoms with Crippen molar-refractivity contribution in [1.29, 1.82) is 0 Å². The Balaban J connectivity index is 2.05. The number of carbonyl (C=O) groups excluding carboxylic acids is 1. The molecule has 21 heavy (non-hydrogen) atoms. The number of nitro groups is 1. The number of nitro benzene ring substituents is 1. The van der Waals surface area contributed by atoms with Crippen molar-refractivity contribution in [3.05, 3.63) is 74.3 Å². The molecule has 0 heterocycles. The van der Waals surface area contributed by atoms with Crippen LogP contribution in [0.4, 0.5) is 5.69 Å². The van der Waals surface area contributed by atoms with Crippen LogP contribution in [0.1, 0.15) is 21.5 Å². The number of hydrogen-bond donors (Lipinski definition) is 0. The van der Waals surface area contributed by atoms with Gasteiger partial charge < -0.3 is 4.74 Å². The smallest absolute Gasteiger partial charge is 0.338 e. The van der Waals surface area contributed by atoms with Crippen LogP contribution in [0.15, 0.2) is 42.5 Å². The Morgan fingerprint density at radius 1 is 1.24 bits per heavy atom. The molecule has 0 N–H and O–H groups in total. The summed E-state index contributed by atoms with van der Waals surface area (Å²) in [5, 5.41) is 11.3. The zero-order chi connectivity index (χ0) is 15.4. The Hall–Kier alpha value is -2.40. The van der Waals surface area contributed by atoms with Crippen molar-refractivity contribution >= 4 is 23.3 Å². The van der Waals surface area contributed by atoms with Gasteiger partial charge in [-0.05, 0) is 36.8 Å². The van der Waals surface area contributed by atoms with E-state index >= 15 is 0 Å². The molecule has 0 radical (unpaired) electrons. The Bertz CT molecular complexity index is 683. The number of ether oxygens (including phenoxy) is 1. The highest BCUT2D eigenvalue weighted by molar-refractivity contribution is 6.30. The lowest BCUT2D eigenvalue weighted by molar-refractivity contribution is -0.385. The molecule has 2 aromatic carbocycles. The minimum absolute atomic E-state index is 0.0238. The van der Waals surface area contributed by atoms with Gasteiger partial charge in [0.15, 0.2) is 0 Å². The van der Waals surface area contributed by atoms with Crippen molar-refractivity contribution in [2.24, 2.45) is 0 Å². The minimum Gasteiger partial charge on any atom is -0.457 e. The first-order chi connectivity index (χ1) is 9.97. The summed E-state index contributed by atoms with van der Waals surface area (Å²) in [6.45, 7) is 1.69. The van der Waals surface area contributed by atoms with Crippen molar-refractivity contribution < 1.29 is 14.5 Å². The van der Waals surface area contributed by atoms with Gasteiger partial charge in [0.2, 0.25) is 0 Å². The monoisotopic (exact) mass is 305 g/mol. The second kappa shape index (κ2) is 6.37. The SMILES string of the molecule is Cc1cc(C(=O)OCc2ccc(Cl)cc2)ccc1[N+](=O)[O-]. The van der Waals surface area contributed by atoms with Crippen LogP contribution in [0, 0.1) is 17.0 Å². The average Bonchev–Trinajstić information content (AvgIpc) is 2.45. The largest absolute Gasteiger partial charge is 0.457 e. The second-order valence-electron chi connectivity index (χ2n) is 4.46. The lowest BCUT2D eigenvalue weighted by Gasteiger charge is -2.06. The van der Waals surface area contributed by atoms with Gasteiger partial charge in [-0.2, -0.15) is 0 Å². The molecule has 0 saturated heterocycles. The maximum absolute atomic E-state index is 11.9. The average molecular weight is 306 g/mol. The van der Waals surface area contributed by atoms with Crippen molar-refractivity contribution in [3.63, 3.8) is 0 Å². The van der Waals surface area contributed by atoms with E-state index in [0.29, 0.717) is 10.6 Å². The van der Waals surface area contributed by atoms with E-state index < -0.39 is 10.9 Å². The van der Waals surface area contributed by atoms with Crippen molar-refractivity contribution in [1.82, 2.24) is 0 Å². The molecule has 2 rings (SSSR count). The number of hydrogen-bond acceptors (Lipinski definition) is 4. The summed E-state index contributed by atoms with van der Waals surface area (Å²) in [5.74, 6) is -0.525. The third kappa shape index (κ3) is 3.79. The second-order valence-corrected chi connectivity index (χ2v) is 4.90. The molecule has 6 heteroatoms. The summed E-state index contributed by atoms with van der Waals surface area (Å²) < 4.78 is 5.16. The number of nitrogens with zero attached hydrogens (tertiary/aromatic N) is 1. The first kappa shape index (κ1) is 15.0. The van der Waals surface area contributed by atoms with Crippen LogP contribution in [-0.4, -0.2) is 10.9 Å². The Morgan fingerprint density at radius 2 is 1.90 bits per heavy atom. The summed E-state index contributed by atoms with van der Waals surface area (Å²) >= 11 is 5.77. The Kier molecular flexibility index (Phi) is 4.55.